The molecule has 1 unspecified atom stereocenters. The van der Waals surface area contributed by atoms with E-state index in [1.807, 2.05) is 12.1 Å². The fraction of sp³-hybridized carbons (Fsp3) is 0.350. The number of ether oxygens (including phenoxy) is 1. The summed E-state index contributed by atoms with van der Waals surface area (Å²) >= 11 is 0. The summed E-state index contributed by atoms with van der Waals surface area (Å²) in [6, 6.07) is 10.7. The van der Waals surface area contributed by atoms with Gasteiger partial charge in [-0.15, -0.1) is 0 Å². The van der Waals surface area contributed by atoms with E-state index in [1.54, 1.807) is 25.7 Å². The molecule has 1 atom stereocenters. The van der Waals surface area contributed by atoms with Gasteiger partial charge < -0.3 is 9.64 Å². The molecule has 1 aliphatic rings. The van der Waals surface area contributed by atoms with Gasteiger partial charge in [-0.2, -0.15) is 0 Å². The number of benzene rings is 1. The van der Waals surface area contributed by atoms with Crippen molar-refractivity contribution < 1.29 is 4.74 Å². The molecule has 0 radical (unpaired) electrons. The Labute approximate surface area is 153 Å². The summed E-state index contributed by atoms with van der Waals surface area (Å²) < 4.78 is 5.19. The summed E-state index contributed by atoms with van der Waals surface area (Å²) in [4.78, 5) is 18.1. The Morgan fingerprint density at radius 2 is 1.69 bits per heavy atom. The standard InChI is InChI=1S/C20H23N5O/c1-15(16-3-5-18-19(13-16)22-8-7-21-18)24-9-11-25(12-10-24)20-6-4-17(26-2)14-23-20/h3-8,13-15H,9-12H2,1-2H3. The maximum absolute atomic E-state index is 5.19. The molecule has 1 fully saturated rings. The lowest BCUT2D eigenvalue weighted by Crippen LogP contribution is -2.47. The van der Waals surface area contributed by atoms with E-state index >= 15 is 0 Å². The van der Waals surface area contributed by atoms with Crippen LogP contribution in [0, 0.1) is 0 Å². The number of nitrogens with zero attached hydrogens (tertiary/aromatic N) is 5. The molecule has 3 aromatic rings. The second kappa shape index (κ2) is 7.25. The van der Waals surface area contributed by atoms with E-state index in [4.69, 9.17) is 4.74 Å². The van der Waals surface area contributed by atoms with E-state index in [0.29, 0.717) is 6.04 Å². The number of pyridine rings is 1. The van der Waals surface area contributed by atoms with Crippen LogP contribution in [0.2, 0.25) is 0 Å². The van der Waals surface area contributed by atoms with Crippen molar-refractivity contribution in [2.45, 2.75) is 13.0 Å². The van der Waals surface area contributed by atoms with Crippen LogP contribution in [0.25, 0.3) is 11.0 Å². The van der Waals surface area contributed by atoms with Crippen LogP contribution in [0.15, 0.2) is 48.9 Å². The van der Waals surface area contributed by atoms with Crippen LogP contribution in [0.1, 0.15) is 18.5 Å². The first-order valence-electron chi connectivity index (χ1n) is 8.94. The molecular formula is C20H23N5O. The molecule has 0 N–H and O–H groups in total. The molecule has 6 heteroatoms. The molecule has 0 spiro atoms. The van der Waals surface area contributed by atoms with Gasteiger partial charge in [-0.25, -0.2) is 4.98 Å². The van der Waals surface area contributed by atoms with Gasteiger partial charge >= 0.3 is 0 Å². The smallest absolute Gasteiger partial charge is 0.137 e. The number of fused-ring (bicyclic) bond motifs is 1. The van der Waals surface area contributed by atoms with Gasteiger partial charge in [0, 0.05) is 44.6 Å². The Bertz CT molecular complexity index is 875. The highest BCUT2D eigenvalue weighted by Crippen LogP contribution is 2.25. The highest BCUT2D eigenvalue weighted by Gasteiger charge is 2.23. The average Bonchev–Trinajstić information content (AvgIpc) is 2.73. The molecule has 0 saturated carbocycles. The summed E-state index contributed by atoms with van der Waals surface area (Å²) in [7, 11) is 1.66. The van der Waals surface area contributed by atoms with Crippen LogP contribution in [0.3, 0.4) is 0 Å². The molecule has 2 aromatic heterocycles. The van der Waals surface area contributed by atoms with Crippen LogP contribution in [-0.4, -0.2) is 53.1 Å². The third kappa shape index (κ3) is 3.32. The zero-order valence-corrected chi connectivity index (χ0v) is 15.2. The Morgan fingerprint density at radius 3 is 2.38 bits per heavy atom. The Morgan fingerprint density at radius 1 is 0.923 bits per heavy atom. The number of methoxy groups -OCH3 is 1. The molecule has 0 amide bonds. The van der Waals surface area contributed by atoms with Crippen molar-refractivity contribution in [3.8, 4) is 5.75 Å². The van der Waals surface area contributed by atoms with E-state index in [2.05, 4.69) is 49.9 Å². The Balaban J connectivity index is 1.42. The van der Waals surface area contributed by atoms with Gasteiger partial charge in [-0.05, 0) is 36.8 Å². The molecule has 1 saturated heterocycles. The van der Waals surface area contributed by atoms with Crippen molar-refractivity contribution in [2.75, 3.05) is 38.2 Å². The predicted molar refractivity (Wildman–Crippen MR) is 103 cm³/mol. The van der Waals surface area contributed by atoms with Crippen LogP contribution >= 0.6 is 0 Å². The fourth-order valence-electron chi connectivity index (χ4n) is 3.47. The minimum Gasteiger partial charge on any atom is -0.495 e. The summed E-state index contributed by atoms with van der Waals surface area (Å²) in [5.41, 5.74) is 3.19. The molecule has 0 bridgehead atoms. The summed E-state index contributed by atoms with van der Waals surface area (Å²) in [5.74, 6) is 1.81. The van der Waals surface area contributed by atoms with Crippen molar-refractivity contribution in [3.63, 3.8) is 0 Å². The topological polar surface area (TPSA) is 54.4 Å². The molecule has 3 heterocycles. The van der Waals surface area contributed by atoms with Gasteiger partial charge in [0.2, 0.25) is 0 Å². The number of hydrogen-bond donors (Lipinski definition) is 0. The quantitative estimate of drug-likeness (QED) is 0.722. The zero-order chi connectivity index (χ0) is 17.9. The first-order valence-corrected chi connectivity index (χ1v) is 8.94. The number of rotatable bonds is 4. The third-order valence-electron chi connectivity index (χ3n) is 5.12. The first-order chi connectivity index (χ1) is 12.7. The monoisotopic (exact) mass is 349 g/mol. The molecule has 1 aliphatic heterocycles. The van der Waals surface area contributed by atoms with Crippen molar-refractivity contribution in [2.24, 2.45) is 0 Å². The second-order valence-corrected chi connectivity index (χ2v) is 6.56. The van der Waals surface area contributed by atoms with E-state index < -0.39 is 0 Å². The summed E-state index contributed by atoms with van der Waals surface area (Å²) in [5, 5.41) is 0. The normalized spacial score (nSPS) is 16.6. The number of hydrogen-bond acceptors (Lipinski definition) is 6. The zero-order valence-electron chi connectivity index (χ0n) is 15.2. The predicted octanol–water partition coefficient (Wildman–Crippen LogP) is 2.92. The van der Waals surface area contributed by atoms with Crippen LogP contribution in [0.4, 0.5) is 5.82 Å². The summed E-state index contributed by atoms with van der Waals surface area (Å²) in [6.45, 7) is 6.22. The van der Waals surface area contributed by atoms with E-state index in [0.717, 1.165) is 48.8 Å². The van der Waals surface area contributed by atoms with E-state index in [9.17, 15) is 0 Å². The van der Waals surface area contributed by atoms with Crippen LogP contribution < -0.4 is 9.64 Å². The Hall–Kier alpha value is -2.73. The van der Waals surface area contributed by atoms with E-state index in [1.165, 1.54) is 5.56 Å². The van der Waals surface area contributed by atoms with Crippen molar-refractivity contribution in [1.29, 1.82) is 0 Å². The highest BCUT2D eigenvalue weighted by atomic mass is 16.5. The fourth-order valence-corrected chi connectivity index (χ4v) is 3.47. The lowest BCUT2D eigenvalue weighted by atomic mass is 10.0. The molecule has 1 aromatic carbocycles. The number of anilines is 1. The SMILES string of the molecule is COc1ccc(N2CCN(C(C)c3ccc4nccnc4c3)CC2)nc1. The largest absolute Gasteiger partial charge is 0.495 e. The average molecular weight is 349 g/mol. The Kier molecular flexibility index (Phi) is 4.67. The van der Waals surface area contributed by atoms with Gasteiger partial charge in [-0.1, -0.05) is 6.07 Å². The number of aromatic nitrogens is 3. The highest BCUT2D eigenvalue weighted by molar-refractivity contribution is 5.74. The molecule has 0 aliphatic carbocycles. The van der Waals surface area contributed by atoms with Gasteiger partial charge in [0.05, 0.1) is 24.3 Å². The van der Waals surface area contributed by atoms with Crippen molar-refractivity contribution in [1.82, 2.24) is 19.9 Å². The lowest BCUT2D eigenvalue weighted by Gasteiger charge is -2.38. The number of piperazine rings is 1. The molecule has 4 rings (SSSR count). The van der Waals surface area contributed by atoms with Gasteiger partial charge in [0.15, 0.2) is 0 Å². The van der Waals surface area contributed by atoms with Crippen molar-refractivity contribution >= 4 is 16.9 Å². The van der Waals surface area contributed by atoms with Crippen LogP contribution in [-0.2, 0) is 0 Å². The lowest BCUT2D eigenvalue weighted by molar-refractivity contribution is 0.198. The van der Waals surface area contributed by atoms with Gasteiger partial charge in [0.25, 0.3) is 0 Å². The van der Waals surface area contributed by atoms with Crippen LogP contribution in [0.5, 0.6) is 5.75 Å². The second-order valence-electron chi connectivity index (χ2n) is 6.56. The van der Waals surface area contributed by atoms with E-state index in [-0.39, 0.29) is 0 Å². The van der Waals surface area contributed by atoms with Crippen molar-refractivity contribution in [3.05, 3.63) is 54.5 Å². The van der Waals surface area contributed by atoms with Gasteiger partial charge in [0.1, 0.15) is 11.6 Å². The minimum absolute atomic E-state index is 0.354. The summed E-state index contributed by atoms with van der Waals surface area (Å²) in [6.07, 6.45) is 5.26. The first kappa shape index (κ1) is 16.7. The molecule has 26 heavy (non-hydrogen) atoms. The minimum atomic E-state index is 0.354. The third-order valence-corrected chi connectivity index (χ3v) is 5.12. The maximum Gasteiger partial charge on any atom is 0.137 e. The molecule has 6 nitrogen and oxygen atoms in total. The maximum atomic E-state index is 5.19. The molecular weight excluding hydrogens is 326 g/mol. The molecule has 134 valence electrons. The van der Waals surface area contributed by atoms with Gasteiger partial charge in [-0.3, -0.25) is 14.9 Å².